The molecule has 1 amide bonds. The van der Waals surface area contributed by atoms with E-state index >= 15 is 0 Å². The molecule has 0 radical (unpaired) electrons. The zero-order chi connectivity index (χ0) is 13.7. The molecule has 1 aliphatic rings. The molecule has 0 atom stereocenters. The normalized spacial score (nSPS) is 15.3. The second-order valence-corrected chi connectivity index (χ2v) is 4.60. The van der Waals surface area contributed by atoms with Gasteiger partial charge in [-0.2, -0.15) is 0 Å². The maximum absolute atomic E-state index is 12.0. The molecule has 1 heterocycles. The Labute approximate surface area is 112 Å². The highest BCUT2D eigenvalue weighted by atomic mass is 16.5. The number of rotatable bonds is 4. The minimum Gasteiger partial charge on any atom is -0.384 e. The summed E-state index contributed by atoms with van der Waals surface area (Å²) in [6.45, 7) is 2.67. The third-order valence-electron chi connectivity index (χ3n) is 3.26. The number of benzene rings is 1. The van der Waals surface area contributed by atoms with E-state index in [1.807, 2.05) is 29.2 Å². The summed E-state index contributed by atoms with van der Waals surface area (Å²) >= 11 is 0. The number of amides is 1. The fourth-order valence-electron chi connectivity index (χ4n) is 2.07. The number of morpholine rings is 1. The monoisotopic (exact) mass is 261 g/mol. The van der Waals surface area contributed by atoms with Gasteiger partial charge in [-0.15, -0.1) is 0 Å². The van der Waals surface area contributed by atoms with Gasteiger partial charge in [0.05, 0.1) is 13.2 Å². The predicted molar refractivity (Wildman–Crippen MR) is 73.2 cm³/mol. The van der Waals surface area contributed by atoms with Gasteiger partial charge in [0.15, 0.2) is 0 Å². The first-order chi connectivity index (χ1) is 9.16. The molecule has 5 heteroatoms. The number of nitrogens with zero attached hydrogens (tertiary/aromatic N) is 1. The summed E-state index contributed by atoms with van der Waals surface area (Å²) in [5.41, 5.74) is 7.19. The smallest absolute Gasteiger partial charge is 0.223 e. The average molecular weight is 261 g/mol. The summed E-state index contributed by atoms with van der Waals surface area (Å²) in [5.74, 6) is 0.245. The molecule has 1 aromatic rings. The summed E-state index contributed by atoms with van der Waals surface area (Å²) < 4.78 is 5.22. The Kier molecular flexibility index (Phi) is 4.52. The molecule has 2 rings (SSSR count). The zero-order valence-corrected chi connectivity index (χ0v) is 10.9. The lowest BCUT2D eigenvalue weighted by Crippen LogP contribution is -2.40. The summed E-state index contributed by atoms with van der Waals surface area (Å²) in [6, 6.07) is 7.47. The second kappa shape index (κ2) is 6.33. The molecular weight excluding hydrogens is 242 g/mol. The fourth-order valence-corrected chi connectivity index (χ4v) is 2.07. The molecule has 1 aromatic carbocycles. The van der Waals surface area contributed by atoms with Gasteiger partial charge in [-0.25, -0.2) is 0 Å². The Morgan fingerprint density at radius 1 is 1.26 bits per heavy atom. The van der Waals surface area contributed by atoms with Crippen LogP contribution in [0.3, 0.4) is 0 Å². The first-order valence-corrected chi connectivity index (χ1v) is 6.45. The number of hydrogen-bond donors (Lipinski definition) is 2. The number of carbonyl (C=O) groups excluding carboxylic acids is 1. The third-order valence-corrected chi connectivity index (χ3v) is 3.26. The Hall–Kier alpha value is -1.88. The maximum Gasteiger partial charge on any atom is 0.223 e. The van der Waals surface area contributed by atoms with Crippen LogP contribution < -0.4 is 5.73 Å². The number of nitrogens with two attached hydrogens (primary N) is 1. The van der Waals surface area contributed by atoms with Gasteiger partial charge in [0.2, 0.25) is 5.91 Å². The van der Waals surface area contributed by atoms with Crippen molar-refractivity contribution in [2.45, 2.75) is 12.8 Å². The molecule has 3 N–H and O–H groups in total. The van der Waals surface area contributed by atoms with Crippen LogP contribution in [-0.4, -0.2) is 42.9 Å². The van der Waals surface area contributed by atoms with Gasteiger partial charge in [-0.3, -0.25) is 10.2 Å². The highest BCUT2D eigenvalue weighted by Gasteiger charge is 2.16. The summed E-state index contributed by atoms with van der Waals surface area (Å²) in [7, 11) is 0. The minimum absolute atomic E-state index is 0.0657. The summed E-state index contributed by atoms with van der Waals surface area (Å²) in [5, 5.41) is 7.32. The largest absolute Gasteiger partial charge is 0.384 e. The van der Waals surface area contributed by atoms with E-state index in [1.165, 1.54) is 0 Å². The first-order valence-electron chi connectivity index (χ1n) is 6.45. The second-order valence-electron chi connectivity index (χ2n) is 4.60. The van der Waals surface area contributed by atoms with Gasteiger partial charge >= 0.3 is 0 Å². The van der Waals surface area contributed by atoms with Crippen LogP contribution in [0, 0.1) is 5.41 Å². The maximum atomic E-state index is 12.0. The Morgan fingerprint density at radius 3 is 2.47 bits per heavy atom. The highest BCUT2D eigenvalue weighted by Crippen LogP contribution is 2.08. The van der Waals surface area contributed by atoms with Crippen molar-refractivity contribution in [3.8, 4) is 0 Å². The van der Waals surface area contributed by atoms with Crippen molar-refractivity contribution in [1.82, 2.24) is 4.90 Å². The van der Waals surface area contributed by atoms with Crippen LogP contribution in [-0.2, 0) is 16.0 Å². The van der Waals surface area contributed by atoms with E-state index in [0.717, 1.165) is 5.56 Å². The van der Waals surface area contributed by atoms with E-state index in [-0.39, 0.29) is 11.7 Å². The lowest BCUT2D eigenvalue weighted by atomic mass is 10.1. The van der Waals surface area contributed by atoms with Crippen molar-refractivity contribution in [2.24, 2.45) is 5.73 Å². The predicted octanol–water partition coefficient (Wildman–Crippen LogP) is 0.762. The zero-order valence-electron chi connectivity index (χ0n) is 10.9. The van der Waals surface area contributed by atoms with E-state index in [2.05, 4.69) is 0 Å². The molecule has 1 aliphatic heterocycles. The van der Waals surface area contributed by atoms with Crippen molar-refractivity contribution >= 4 is 11.7 Å². The van der Waals surface area contributed by atoms with Crippen LogP contribution in [0.25, 0.3) is 0 Å². The van der Waals surface area contributed by atoms with E-state index in [9.17, 15) is 4.79 Å². The molecule has 0 aromatic heterocycles. The standard InChI is InChI=1S/C14H19N3O2/c15-14(16)12-4-1-11(2-5-12)3-6-13(18)17-7-9-19-10-8-17/h1-2,4-5H,3,6-10H2,(H3,15,16). The molecule has 0 spiro atoms. The van der Waals surface area contributed by atoms with Crippen LogP contribution in [0.2, 0.25) is 0 Å². The summed E-state index contributed by atoms with van der Waals surface area (Å²) in [6.07, 6.45) is 1.23. The van der Waals surface area contributed by atoms with Crippen LogP contribution in [0.15, 0.2) is 24.3 Å². The first kappa shape index (κ1) is 13.5. The topological polar surface area (TPSA) is 79.4 Å². The van der Waals surface area contributed by atoms with E-state index in [1.54, 1.807) is 0 Å². The van der Waals surface area contributed by atoms with E-state index < -0.39 is 0 Å². The van der Waals surface area contributed by atoms with Gasteiger partial charge < -0.3 is 15.4 Å². The van der Waals surface area contributed by atoms with Gasteiger partial charge in [0, 0.05) is 25.1 Å². The van der Waals surface area contributed by atoms with Crippen LogP contribution in [0.5, 0.6) is 0 Å². The van der Waals surface area contributed by atoms with Crippen LogP contribution in [0.1, 0.15) is 17.5 Å². The SMILES string of the molecule is N=C(N)c1ccc(CCC(=O)N2CCOCC2)cc1. The quantitative estimate of drug-likeness (QED) is 0.620. The molecule has 1 fully saturated rings. The van der Waals surface area contributed by atoms with Crippen molar-refractivity contribution in [3.05, 3.63) is 35.4 Å². The van der Waals surface area contributed by atoms with Gasteiger partial charge in [0.25, 0.3) is 0 Å². The lowest BCUT2D eigenvalue weighted by molar-refractivity contribution is -0.135. The number of carbonyl (C=O) groups is 1. The number of hydrogen-bond acceptors (Lipinski definition) is 3. The van der Waals surface area contributed by atoms with Crippen molar-refractivity contribution in [1.29, 1.82) is 5.41 Å². The van der Waals surface area contributed by atoms with Gasteiger partial charge in [-0.05, 0) is 12.0 Å². The number of amidine groups is 1. The van der Waals surface area contributed by atoms with Gasteiger partial charge in [-0.1, -0.05) is 24.3 Å². The Balaban J connectivity index is 1.84. The molecule has 102 valence electrons. The molecule has 0 bridgehead atoms. The molecule has 0 aliphatic carbocycles. The van der Waals surface area contributed by atoms with Crippen molar-refractivity contribution < 1.29 is 9.53 Å². The fraction of sp³-hybridized carbons (Fsp3) is 0.429. The Morgan fingerprint density at radius 2 is 1.89 bits per heavy atom. The molecule has 5 nitrogen and oxygen atoms in total. The van der Waals surface area contributed by atoms with E-state index in [4.69, 9.17) is 15.9 Å². The molecular formula is C14H19N3O2. The van der Waals surface area contributed by atoms with Gasteiger partial charge in [0.1, 0.15) is 5.84 Å². The third kappa shape index (κ3) is 3.79. The number of aryl methyl sites for hydroxylation is 1. The average Bonchev–Trinajstić information content (AvgIpc) is 2.46. The van der Waals surface area contributed by atoms with Crippen molar-refractivity contribution in [2.75, 3.05) is 26.3 Å². The summed E-state index contributed by atoms with van der Waals surface area (Å²) in [4.78, 5) is 13.8. The number of ether oxygens (including phenoxy) is 1. The van der Waals surface area contributed by atoms with E-state index in [0.29, 0.717) is 44.7 Å². The number of nitrogens with one attached hydrogen (secondary N) is 1. The van der Waals surface area contributed by atoms with Crippen LogP contribution >= 0.6 is 0 Å². The molecule has 0 saturated carbocycles. The van der Waals surface area contributed by atoms with Crippen molar-refractivity contribution in [3.63, 3.8) is 0 Å². The molecule has 0 unspecified atom stereocenters. The highest BCUT2D eigenvalue weighted by molar-refractivity contribution is 5.94. The Bertz CT molecular complexity index is 450. The minimum atomic E-state index is 0.0657. The number of nitrogen functional groups attached to an aromatic ring is 1. The molecule has 1 saturated heterocycles. The lowest BCUT2D eigenvalue weighted by Gasteiger charge is -2.26. The molecule has 19 heavy (non-hydrogen) atoms. The van der Waals surface area contributed by atoms with Crippen LogP contribution in [0.4, 0.5) is 0 Å².